The third kappa shape index (κ3) is 6.92. The third-order valence-corrected chi connectivity index (χ3v) is 1.54. The zero-order chi connectivity index (χ0) is 12.6. The van der Waals surface area contributed by atoms with E-state index in [4.69, 9.17) is 0 Å². The summed E-state index contributed by atoms with van der Waals surface area (Å²) in [6, 6.07) is 0. The van der Waals surface area contributed by atoms with Crippen molar-refractivity contribution in [1.29, 1.82) is 0 Å². The summed E-state index contributed by atoms with van der Waals surface area (Å²) in [5, 5.41) is 2.73. The van der Waals surface area contributed by atoms with Crippen molar-refractivity contribution < 1.29 is 4.79 Å². The molecule has 1 aromatic rings. The number of nitrogens with zero attached hydrogens (tertiary/aromatic N) is 2. The molecule has 0 radical (unpaired) electrons. The number of nitrogens with one attached hydrogen (secondary N) is 1. The Kier molecular flexibility index (Phi) is 6.30. The van der Waals surface area contributed by atoms with Gasteiger partial charge in [0.25, 0.3) is 0 Å². The summed E-state index contributed by atoms with van der Waals surface area (Å²) >= 11 is 0. The first-order chi connectivity index (χ1) is 7.47. The second kappa shape index (κ2) is 6.93. The van der Waals surface area contributed by atoms with E-state index in [0.29, 0.717) is 12.1 Å². The van der Waals surface area contributed by atoms with Crippen molar-refractivity contribution in [3.05, 3.63) is 18.7 Å². The molecular formula is C12H21N3O. The van der Waals surface area contributed by atoms with Crippen LogP contribution < -0.4 is 5.32 Å². The number of anilines is 1. The maximum absolute atomic E-state index is 11.5. The smallest absolute Gasteiger partial charge is 0.224 e. The number of aromatic nitrogens is 2. The summed E-state index contributed by atoms with van der Waals surface area (Å²) in [6.45, 7) is 10.1. The van der Waals surface area contributed by atoms with Gasteiger partial charge in [0, 0.05) is 6.42 Å². The van der Waals surface area contributed by atoms with Crippen molar-refractivity contribution in [2.24, 2.45) is 5.41 Å². The van der Waals surface area contributed by atoms with Crippen molar-refractivity contribution in [3.8, 4) is 0 Å². The van der Waals surface area contributed by atoms with Gasteiger partial charge in [-0.25, -0.2) is 9.97 Å². The molecule has 0 fully saturated rings. The fourth-order valence-corrected chi connectivity index (χ4v) is 1.05. The molecule has 0 saturated carbocycles. The fraction of sp³-hybridized carbons (Fsp3) is 0.583. The largest absolute Gasteiger partial charge is 0.323 e. The minimum atomic E-state index is -0.00713. The highest BCUT2D eigenvalue weighted by molar-refractivity contribution is 5.90. The van der Waals surface area contributed by atoms with Gasteiger partial charge in [-0.05, 0) is 5.41 Å². The number of amides is 1. The van der Waals surface area contributed by atoms with Gasteiger partial charge in [-0.2, -0.15) is 0 Å². The van der Waals surface area contributed by atoms with Crippen LogP contribution in [0.2, 0.25) is 0 Å². The summed E-state index contributed by atoms with van der Waals surface area (Å²) in [5.41, 5.74) is 0.640. The lowest BCUT2D eigenvalue weighted by Gasteiger charge is -2.16. The van der Waals surface area contributed by atoms with Gasteiger partial charge in [0.1, 0.15) is 6.33 Å². The number of carbonyl (C=O) groups excluding carboxylic acids is 1. The summed E-state index contributed by atoms with van der Waals surface area (Å²) in [6.07, 6.45) is 5.07. The summed E-state index contributed by atoms with van der Waals surface area (Å²) in [4.78, 5) is 19.1. The lowest BCUT2D eigenvalue weighted by molar-refractivity contribution is -0.117. The Morgan fingerprint density at radius 1 is 1.25 bits per heavy atom. The highest BCUT2D eigenvalue weighted by atomic mass is 16.1. The standard InChI is InChI=1S/C10H15N3O.C2H6/c1-10(2,3)4-9(14)13-8-5-11-7-12-6-8;1-2/h5-7H,4H2,1-3H3,(H,13,14);1-2H3. The highest BCUT2D eigenvalue weighted by Crippen LogP contribution is 2.18. The van der Waals surface area contributed by atoms with Gasteiger partial charge < -0.3 is 5.32 Å². The molecule has 1 heterocycles. The number of hydrogen-bond acceptors (Lipinski definition) is 3. The molecule has 1 amide bonds. The van der Waals surface area contributed by atoms with Gasteiger partial charge in [-0.3, -0.25) is 4.79 Å². The predicted octanol–water partition coefficient (Wildman–Crippen LogP) is 2.88. The molecule has 0 saturated heterocycles. The van der Waals surface area contributed by atoms with Crippen molar-refractivity contribution >= 4 is 11.6 Å². The van der Waals surface area contributed by atoms with Crippen LogP contribution in [0.15, 0.2) is 18.7 Å². The molecule has 0 unspecified atom stereocenters. The van der Waals surface area contributed by atoms with Crippen molar-refractivity contribution in [2.75, 3.05) is 5.32 Å². The van der Waals surface area contributed by atoms with E-state index in [2.05, 4.69) is 15.3 Å². The van der Waals surface area contributed by atoms with Gasteiger partial charge in [-0.15, -0.1) is 0 Å². The Morgan fingerprint density at radius 2 is 1.75 bits per heavy atom. The van der Waals surface area contributed by atoms with Crippen LogP contribution in [0.5, 0.6) is 0 Å². The Bertz CT molecular complexity index is 304. The monoisotopic (exact) mass is 223 g/mol. The SMILES string of the molecule is CC.CC(C)(C)CC(=O)Nc1cncnc1. The third-order valence-electron chi connectivity index (χ3n) is 1.54. The van der Waals surface area contributed by atoms with Gasteiger partial charge in [0.15, 0.2) is 0 Å². The minimum Gasteiger partial charge on any atom is -0.323 e. The normalized spacial score (nSPS) is 10.1. The van der Waals surface area contributed by atoms with Crippen molar-refractivity contribution in [3.63, 3.8) is 0 Å². The Labute approximate surface area is 97.5 Å². The van der Waals surface area contributed by atoms with Crippen LogP contribution >= 0.6 is 0 Å². The van der Waals surface area contributed by atoms with E-state index in [1.165, 1.54) is 6.33 Å². The molecule has 4 nitrogen and oxygen atoms in total. The molecule has 1 N–H and O–H groups in total. The molecule has 0 aliphatic heterocycles. The first-order valence-electron chi connectivity index (χ1n) is 5.52. The zero-order valence-electron chi connectivity index (χ0n) is 10.7. The van der Waals surface area contributed by atoms with Crippen molar-refractivity contribution in [2.45, 2.75) is 41.0 Å². The van der Waals surface area contributed by atoms with Crippen LogP contribution in [0.25, 0.3) is 0 Å². The Hall–Kier alpha value is -1.45. The lowest BCUT2D eigenvalue weighted by atomic mass is 9.92. The second-order valence-electron chi connectivity index (χ2n) is 4.41. The van der Waals surface area contributed by atoms with Crippen LogP contribution in [0.4, 0.5) is 5.69 Å². The maximum Gasteiger partial charge on any atom is 0.224 e. The summed E-state index contributed by atoms with van der Waals surface area (Å²) < 4.78 is 0. The molecule has 0 aliphatic carbocycles. The van der Waals surface area contributed by atoms with Gasteiger partial charge in [-0.1, -0.05) is 34.6 Å². The molecule has 0 aromatic carbocycles. The molecule has 0 bridgehead atoms. The molecule has 1 rings (SSSR count). The summed E-state index contributed by atoms with van der Waals surface area (Å²) in [7, 11) is 0. The quantitative estimate of drug-likeness (QED) is 0.838. The van der Waals surface area contributed by atoms with Crippen LogP contribution in [-0.4, -0.2) is 15.9 Å². The highest BCUT2D eigenvalue weighted by Gasteiger charge is 2.15. The van der Waals surface area contributed by atoms with E-state index in [-0.39, 0.29) is 11.3 Å². The van der Waals surface area contributed by atoms with E-state index in [1.807, 2.05) is 34.6 Å². The topological polar surface area (TPSA) is 54.9 Å². The molecule has 16 heavy (non-hydrogen) atoms. The molecule has 0 spiro atoms. The van der Waals surface area contributed by atoms with Crippen LogP contribution in [0.3, 0.4) is 0 Å². The first kappa shape index (κ1) is 14.6. The molecular weight excluding hydrogens is 202 g/mol. The number of rotatable bonds is 2. The van der Waals surface area contributed by atoms with E-state index < -0.39 is 0 Å². The van der Waals surface area contributed by atoms with Crippen LogP contribution in [-0.2, 0) is 4.79 Å². The number of carbonyl (C=O) groups is 1. The van der Waals surface area contributed by atoms with Crippen LogP contribution in [0, 0.1) is 5.41 Å². The van der Waals surface area contributed by atoms with Gasteiger partial charge in [0.2, 0.25) is 5.91 Å². The molecule has 90 valence electrons. The first-order valence-corrected chi connectivity index (χ1v) is 5.52. The predicted molar refractivity (Wildman–Crippen MR) is 66.1 cm³/mol. The molecule has 0 atom stereocenters. The lowest BCUT2D eigenvalue weighted by Crippen LogP contribution is -2.19. The fourth-order valence-electron chi connectivity index (χ4n) is 1.05. The van der Waals surface area contributed by atoms with E-state index in [0.717, 1.165) is 0 Å². The molecule has 1 aromatic heterocycles. The van der Waals surface area contributed by atoms with Crippen LogP contribution in [0.1, 0.15) is 41.0 Å². The van der Waals surface area contributed by atoms with Crippen molar-refractivity contribution in [1.82, 2.24) is 9.97 Å². The Balaban J connectivity index is 0.00000106. The molecule has 0 aliphatic rings. The summed E-state index contributed by atoms with van der Waals surface area (Å²) in [5.74, 6) is -0.00713. The van der Waals surface area contributed by atoms with E-state index >= 15 is 0 Å². The Morgan fingerprint density at radius 3 is 2.19 bits per heavy atom. The zero-order valence-corrected chi connectivity index (χ0v) is 10.7. The van der Waals surface area contributed by atoms with E-state index in [9.17, 15) is 4.79 Å². The van der Waals surface area contributed by atoms with Gasteiger partial charge >= 0.3 is 0 Å². The average molecular weight is 223 g/mol. The maximum atomic E-state index is 11.5. The van der Waals surface area contributed by atoms with Gasteiger partial charge in [0.05, 0.1) is 18.1 Å². The molecule has 4 heteroatoms. The number of hydrogen-bond donors (Lipinski definition) is 1. The average Bonchev–Trinajstić information content (AvgIpc) is 2.19. The second-order valence-corrected chi connectivity index (χ2v) is 4.41. The van der Waals surface area contributed by atoms with E-state index in [1.54, 1.807) is 12.4 Å². The minimum absolute atomic E-state index is 0.000277.